The summed E-state index contributed by atoms with van der Waals surface area (Å²) in [5, 5.41) is 10.1. The van der Waals surface area contributed by atoms with Crippen molar-refractivity contribution >= 4 is 5.82 Å². The second-order valence-electron chi connectivity index (χ2n) is 6.98. The van der Waals surface area contributed by atoms with Crippen molar-refractivity contribution in [1.82, 2.24) is 9.97 Å². The summed E-state index contributed by atoms with van der Waals surface area (Å²) >= 11 is 0. The molecule has 1 aliphatic rings. The van der Waals surface area contributed by atoms with E-state index in [1.165, 1.54) is 5.56 Å². The van der Waals surface area contributed by atoms with E-state index < -0.39 is 0 Å². The fourth-order valence-corrected chi connectivity index (χ4v) is 3.75. The third-order valence-corrected chi connectivity index (χ3v) is 5.10. The number of hydrogen-bond donors (Lipinski definition) is 1. The molecule has 4 nitrogen and oxygen atoms in total. The molecule has 2 aromatic rings. The minimum Gasteiger partial charge on any atom is -0.396 e. The predicted molar refractivity (Wildman–Crippen MR) is 97.1 cm³/mol. The van der Waals surface area contributed by atoms with Gasteiger partial charge in [-0.25, -0.2) is 9.97 Å². The molecule has 128 valence electrons. The molecule has 0 saturated carbocycles. The van der Waals surface area contributed by atoms with Crippen molar-refractivity contribution in [2.75, 3.05) is 24.6 Å². The number of hydrogen-bond acceptors (Lipinski definition) is 4. The molecular formula is C20H27N3O. The van der Waals surface area contributed by atoms with Gasteiger partial charge in [0, 0.05) is 24.7 Å². The topological polar surface area (TPSA) is 49.2 Å². The molecule has 2 heterocycles. The number of aromatic nitrogens is 2. The number of aliphatic hydroxyl groups is 1. The number of rotatable bonds is 6. The molecule has 4 heteroatoms. The van der Waals surface area contributed by atoms with Gasteiger partial charge in [0.2, 0.25) is 0 Å². The van der Waals surface area contributed by atoms with Crippen LogP contribution in [0.4, 0.5) is 5.82 Å². The van der Waals surface area contributed by atoms with E-state index in [9.17, 15) is 5.11 Å². The lowest BCUT2D eigenvalue weighted by Gasteiger charge is -2.42. The quantitative estimate of drug-likeness (QED) is 0.884. The third kappa shape index (κ3) is 4.12. The first kappa shape index (κ1) is 16.9. The van der Waals surface area contributed by atoms with Gasteiger partial charge in [-0.15, -0.1) is 0 Å². The van der Waals surface area contributed by atoms with Crippen LogP contribution in [0.25, 0.3) is 0 Å². The summed E-state index contributed by atoms with van der Waals surface area (Å²) in [5.74, 6) is 1.79. The van der Waals surface area contributed by atoms with Gasteiger partial charge in [0.15, 0.2) is 0 Å². The van der Waals surface area contributed by atoms with Crippen LogP contribution in [0.15, 0.2) is 42.6 Å². The molecule has 0 radical (unpaired) electrons. The Kier molecular flexibility index (Phi) is 5.46. The molecule has 1 aliphatic heterocycles. The number of aliphatic hydroxyl groups excluding tert-OH is 1. The van der Waals surface area contributed by atoms with Crippen molar-refractivity contribution < 1.29 is 5.11 Å². The van der Waals surface area contributed by atoms with E-state index in [1.54, 1.807) is 0 Å². The van der Waals surface area contributed by atoms with Gasteiger partial charge in [-0.05, 0) is 50.7 Å². The summed E-state index contributed by atoms with van der Waals surface area (Å²) in [7, 11) is 0. The Morgan fingerprint density at radius 1 is 1.21 bits per heavy atom. The molecule has 0 spiro atoms. The predicted octanol–water partition coefficient (Wildman–Crippen LogP) is 3.39. The normalized spacial score (nSPS) is 21.0. The van der Waals surface area contributed by atoms with Crippen LogP contribution in [0.2, 0.25) is 0 Å². The largest absolute Gasteiger partial charge is 0.396 e. The van der Waals surface area contributed by atoms with Gasteiger partial charge in [-0.3, -0.25) is 0 Å². The zero-order valence-electron chi connectivity index (χ0n) is 14.5. The van der Waals surface area contributed by atoms with E-state index >= 15 is 0 Å². The Labute approximate surface area is 144 Å². The second kappa shape index (κ2) is 7.75. The van der Waals surface area contributed by atoms with Crippen molar-refractivity contribution in [1.29, 1.82) is 0 Å². The molecule has 1 N–H and O–H groups in total. The molecule has 0 unspecified atom stereocenters. The Morgan fingerprint density at radius 2 is 2.04 bits per heavy atom. The van der Waals surface area contributed by atoms with Crippen molar-refractivity contribution in [3.8, 4) is 0 Å². The van der Waals surface area contributed by atoms with Gasteiger partial charge < -0.3 is 10.0 Å². The van der Waals surface area contributed by atoms with E-state index in [1.807, 2.05) is 19.2 Å². The number of nitrogens with zero attached hydrogens (tertiary/aromatic N) is 3. The molecule has 1 aromatic carbocycles. The summed E-state index contributed by atoms with van der Waals surface area (Å²) in [5.41, 5.74) is 1.37. The van der Waals surface area contributed by atoms with Crippen LogP contribution in [0, 0.1) is 12.3 Å². The Balaban J connectivity index is 1.63. The number of piperidine rings is 1. The Bertz CT molecular complexity index is 646. The maximum atomic E-state index is 10.1. The van der Waals surface area contributed by atoms with E-state index in [0.717, 1.165) is 56.8 Å². The smallest absolute Gasteiger partial charge is 0.132 e. The zero-order chi connectivity index (χ0) is 16.8. The van der Waals surface area contributed by atoms with Crippen LogP contribution >= 0.6 is 0 Å². The summed E-state index contributed by atoms with van der Waals surface area (Å²) in [6, 6.07) is 12.6. The molecule has 1 atom stereocenters. The molecule has 1 aromatic heterocycles. The van der Waals surface area contributed by atoms with Crippen LogP contribution in [0.5, 0.6) is 0 Å². The lowest BCUT2D eigenvalue weighted by atomic mass is 9.76. The molecule has 1 saturated heterocycles. The molecule has 0 bridgehead atoms. The standard InChI is InChI=1S/C20H27N3O/c1-17-21-13-10-19(22-17)23-14-6-12-20(15-23,16-24)11-5-9-18-7-3-2-4-8-18/h2-4,7-8,10,13,24H,5-6,9,11-12,14-16H2,1H3/t20-/m1/s1. The van der Waals surface area contributed by atoms with Crippen molar-refractivity contribution in [3.63, 3.8) is 0 Å². The Morgan fingerprint density at radius 3 is 2.79 bits per heavy atom. The highest BCUT2D eigenvalue weighted by atomic mass is 16.3. The fraction of sp³-hybridized carbons (Fsp3) is 0.500. The first-order valence-electron chi connectivity index (χ1n) is 8.90. The van der Waals surface area contributed by atoms with Crippen molar-refractivity contribution in [2.45, 2.75) is 39.0 Å². The van der Waals surface area contributed by atoms with E-state index in [-0.39, 0.29) is 12.0 Å². The van der Waals surface area contributed by atoms with Crippen LogP contribution in [-0.2, 0) is 6.42 Å². The number of anilines is 1. The third-order valence-electron chi connectivity index (χ3n) is 5.10. The van der Waals surface area contributed by atoms with Gasteiger partial charge in [0.05, 0.1) is 6.61 Å². The molecule has 1 fully saturated rings. The van der Waals surface area contributed by atoms with Crippen molar-refractivity contribution in [3.05, 3.63) is 54.0 Å². The first-order chi connectivity index (χ1) is 11.7. The molecule has 0 aliphatic carbocycles. The van der Waals surface area contributed by atoms with Crippen LogP contribution in [0.3, 0.4) is 0 Å². The summed E-state index contributed by atoms with van der Waals surface area (Å²) in [6.45, 7) is 4.07. The van der Waals surface area contributed by atoms with Crippen LogP contribution in [-0.4, -0.2) is 34.8 Å². The van der Waals surface area contributed by atoms with Gasteiger partial charge in [-0.1, -0.05) is 30.3 Å². The SMILES string of the molecule is Cc1nccc(N2CCC[C@](CO)(CCCc3ccccc3)C2)n1. The number of benzene rings is 1. The average Bonchev–Trinajstić information content (AvgIpc) is 2.63. The van der Waals surface area contributed by atoms with Gasteiger partial charge in [0.1, 0.15) is 11.6 Å². The second-order valence-corrected chi connectivity index (χ2v) is 6.98. The lowest BCUT2D eigenvalue weighted by molar-refractivity contribution is 0.0938. The highest BCUT2D eigenvalue weighted by Gasteiger charge is 2.35. The van der Waals surface area contributed by atoms with E-state index in [0.29, 0.717) is 0 Å². The molecule has 3 rings (SSSR count). The Hall–Kier alpha value is -1.94. The van der Waals surface area contributed by atoms with Crippen LogP contribution in [0.1, 0.15) is 37.1 Å². The molecule has 0 amide bonds. The number of aryl methyl sites for hydroxylation is 2. The fourth-order valence-electron chi connectivity index (χ4n) is 3.75. The van der Waals surface area contributed by atoms with Gasteiger partial charge in [-0.2, -0.15) is 0 Å². The van der Waals surface area contributed by atoms with Crippen molar-refractivity contribution in [2.24, 2.45) is 5.41 Å². The summed E-state index contributed by atoms with van der Waals surface area (Å²) in [6.07, 6.45) is 7.27. The summed E-state index contributed by atoms with van der Waals surface area (Å²) in [4.78, 5) is 11.1. The molecule has 24 heavy (non-hydrogen) atoms. The maximum Gasteiger partial charge on any atom is 0.132 e. The van der Waals surface area contributed by atoms with E-state index in [2.05, 4.69) is 45.2 Å². The highest BCUT2D eigenvalue weighted by molar-refractivity contribution is 5.38. The van der Waals surface area contributed by atoms with E-state index in [4.69, 9.17) is 0 Å². The lowest BCUT2D eigenvalue weighted by Crippen LogP contribution is -2.46. The molecular weight excluding hydrogens is 298 g/mol. The highest BCUT2D eigenvalue weighted by Crippen LogP contribution is 2.36. The monoisotopic (exact) mass is 325 g/mol. The maximum absolute atomic E-state index is 10.1. The zero-order valence-corrected chi connectivity index (χ0v) is 14.5. The average molecular weight is 325 g/mol. The first-order valence-corrected chi connectivity index (χ1v) is 8.90. The van der Waals surface area contributed by atoms with Crippen LogP contribution < -0.4 is 4.90 Å². The minimum absolute atomic E-state index is 0.00805. The minimum atomic E-state index is -0.00805. The van der Waals surface area contributed by atoms with Gasteiger partial charge in [0.25, 0.3) is 0 Å². The van der Waals surface area contributed by atoms with Gasteiger partial charge >= 0.3 is 0 Å². The summed E-state index contributed by atoms with van der Waals surface area (Å²) < 4.78 is 0.